The second kappa shape index (κ2) is 9.08. The summed E-state index contributed by atoms with van der Waals surface area (Å²) in [4.78, 5) is 15.2. The number of rotatable bonds is 5. The molecule has 4 heteroatoms. The summed E-state index contributed by atoms with van der Waals surface area (Å²) in [6.07, 6.45) is 10.7. The first-order valence-corrected chi connectivity index (χ1v) is 11.3. The summed E-state index contributed by atoms with van der Waals surface area (Å²) in [6, 6.07) is 6.67. The number of benzene rings is 1. The molecule has 0 saturated heterocycles. The third kappa shape index (κ3) is 4.61. The fourth-order valence-electron chi connectivity index (χ4n) is 4.85. The zero-order chi connectivity index (χ0) is 21.9. The van der Waals surface area contributed by atoms with E-state index < -0.39 is 0 Å². The van der Waals surface area contributed by atoms with Crippen molar-refractivity contribution >= 4 is 23.2 Å². The third-order valence-corrected chi connectivity index (χ3v) is 6.42. The highest BCUT2D eigenvalue weighted by atomic mass is 16.1. The van der Waals surface area contributed by atoms with Gasteiger partial charge in [0.25, 0.3) is 5.91 Å². The van der Waals surface area contributed by atoms with Gasteiger partial charge in [-0.15, -0.1) is 0 Å². The van der Waals surface area contributed by atoms with Crippen molar-refractivity contribution in [1.29, 1.82) is 5.26 Å². The molecular formula is C26H35N3O. The van der Waals surface area contributed by atoms with Gasteiger partial charge in [0.1, 0.15) is 11.6 Å². The van der Waals surface area contributed by atoms with E-state index in [-0.39, 0.29) is 23.1 Å². The number of aryl methyl sites for hydroxylation is 1. The zero-order valence-electron chi connectivity index (χ0n) is 19.1. The van der Waals surface area contributed by atoms with Gasteiger partial charge in [0.2, 0.25) is 0 Å². The Bertz CT molecular complexity index is 911. The zero-order valence-corrected chi connectivity index (χ0v) is 19.1. The van der Waals surface area contributed by atoms with Gasteiger partial charge in [-0.2, -0.15) is 5.26 Å². The highest BCUT2D eigenvalue weighted by Gasteiger charge is 2.31. The van der Waals surface area contributed by atoms with Crippen LogP contribution in [0, 0.1) is 18.3 Å². The Kier molecular flexibility index (Phi) is 6.71. The van der Waals surface area contributed by atoms with Gasteiger partial charge in [-0.25, -0.2) is 0 Å². The van der Waals surface area contributed by atoms with Crippen molar-refractivity contribution in [3.63, 3.8) is 0 Å². The SMILES string of the molecule is CCCN1c2cc(C)c(/C=C(\C#N)C(=O)NC3CCCCC3)cc2C(C)=CC1(C)C. The molecule has 0 spiro atoms. The van der Waals surface area contributed by atoms with E-state index in [1.54, 1.807) is 6.08 Å². The van der Waals surface area contributed by atoms with E-state index in [0.29, 0.717) is 0 Å². The molecule has 0 atom stereocenters. The van der Waals surface area contributed by atoms with Crippen LogP contribution in [0.25, 0.3) is 11.6 Å². The number of carbonyl (C=O) groups is 1. The Hall–Kier alpha value is -2.54. The molecule has 1 amide bonds. The first kappa shape index (κ1) is 22.2. The lowest BCUT2D eigenvalue weighted by atomic mass is 9.86. The number of fused-ring (bicyclic) bond motifs is 1. The van der Waals surface area contributed by atoms with E-state index in [1.165, 1.54) is 23.2 Å². The molecule has 0 unspecified atom stereocenters. The normalized spacial score (nSPS) is 19.0. The van der Waals surface area contributed by atoms with Crippen molar-refractivity contribution in [3.05, 3.63) is 40.5 Å². The summed E-state index contributed by atoms with van der Waals surface area (Å²) in [5.41, 5.74) is 5.83. The molecule has 1 fully saturated rings. The van der Waals surface area contributed by atoms with Crippen LogP contribution >= 0.6 is 0 Å². The molecule has 160 valence electrons. The standard InChI is InChI=1S/C26H35N3O/c1-6-12-29-24-13-18(2)20(15-23(24)19(3)16-26(29,4)5)14-21(17-27)25(30)28-22-10-8-7-9-11-22/h13-16,22H,6-12H2,1-5H3,(H,28,30)/b21-14+. The number of nitrogens with zero attached hydrogens (tertiary/aromatic N) is 2. The van der Waals surface area contributed by atoms with Gasteiger partial charge in [0.15, 0.2) is 0 Å². The highest BCUT2D eigenvalue weighted by molar-refractivity contribution is 6.02. The van der Waals surface area contributed by atoms with E-state index >= 15 is 0 Å². The second-order valence-electron chi connectivity index (χ2n) is 9.34. The molecule has 1 aliphatic carbocycles. The number of hydrogen-bond donors (Lipinski definition) is 1. The minimum absolute atomic E-state index is 0.0331. The summed E-state index contributed by atoms with van der Waals surface area (Å²) >= 11 is 0. The molecule has 0 bridgehead atoms. The minimum atomic E-state index is -0.248. The number of allylic oxidation sites excluding steroid dienone is 1. The van der Waals surface area contributed by atoms with Crippen LogP contribution in [-0.2, 0) is 4.79 Å². The predicted octanol–water partition coefficient (Wildman–Crippen LogP) is 5.76. The van der Waals surface area contributed by atoms with Gasteiger partial charge in [-0.05, 0) is 81.9 Å². The molecule has 1 aromatic carbocycles. The maximum Gasteiger partial charge on any atom is 0.262 e. The van der Waals surface area contributed by atoms with Crippen LogP contribution in [0.5, 0.6) is 0 Å². The molecule has 1 aliphatic heterocycles. The van der Waals surface area contributed by atoms with E-state index in [2.05, 4.69) is 69.1 Å². The fraction of sp³-hybridized carbons (Fsp3) is 0.538. The molecule has 30 heavy (non-hydrogen) atoms. The Balaban J connectivity index is 1.94. The van der Waals surface area contributed by atoms with Crippen molar-refractivity contribution in [1.82, 2.24) is 5.32 Å². The van der Waals surface area contributed by atoms with E-state index in [9.17, 15) is 10.1 Å². The monoisotopic (exact) mass is 405 g/mol. The molecule has 1 aromatic rings. The van der Waals surface area contributed by atoms with Crippen molar-refractivity contribution in [2.75, 3.05) is 11.4 Å². The van der Waals surface area contributed by atoms with Crippen LogP contribution in [-0.4, -0.2) is 24.0 Å². The molecule has 0 radical (unpaired) electrons. The predicted molar refractivity (Wildman–Crippen MR) is 125 cm³/mol. The van der Waals surface area contributed by atoms with Gasteiger partial charge in [0.05, 0.1) is 5.54 Å². The molecule has 3 rings (SSSR count). The van der Waals surface area contributed by atoms with E-state index in [0.717, 1.165) is 49.8 Å². The van der Waals surface area contributed by atoms with Crippen molar-refractivity contribution in [3.8, 4) is 6.07 Å². The molecular weight excluding hydrogens is 370 g/mol. The van der Waals surface area contributed by atoms with Crippen molar-refractivity contribution < 1.29 is 4.79 Å². The summed E-state index contributed by atoms with van der Waals surface area (Å²) in [7, 11) is 0. The average Bonchev–Trinajstić information content (AvgIpc) is 2.70. The first-order valence-electron chi connectivity index (χ1n) is 11.3. The van der Waals surface area contributed by atoms with Crippen LogP contribution < -0.4 is 10.2 Å². The van der Waals surface area contributed by atoms with Gasteiger partial charge in [-0.1, -0.05) is 32.3 Å². The second-order valence-corrected chi connectivity index (χ2v) is 9.34. The maximum atomic E-state index is 12.7. The lowest BCUT2D eigenvalue weighted by molar-refractivity contribution is -0.117. The van der Waals surface area contributed by atoms with Gasteiger partial charge in [0, 0.05) is 23.8 Å². The largest absolute Gasteiger partial charge is 0.362 e. The number of carbonyl (C=O) groups excluding carboxylic acids is 1. The van der Waals surface area contributed by atoms with Crippen LogP contribution in [0.1, 0.15) is 82.9 Å². The minimum Gasteiger partial charge on any atom is -0.362 e. The quantitative estimate of drug-likeness (QED) is 0.500. The smallest absolute Gasteiger partial charge is 0.262 e. The number of amides is 1. The molecule has 1 heterocycles. The average molecular weight is 406 g/mol. The van der Waals surface area contributed by atoms with Gasteiger partial charge in [-0.3, -0.25) is 4.79 Å². The number of nitrogens with one attached hydrogen (secondary N) is 1. The molecule has 1 N–H and O–H groups in total. The highest BCUT2D eigenvalue weighted by Crippen LogP contribution is 2.40. The maximum absolute atomic E-state index is 12.7. The number of nitriles is 1. The van der Waals surface area contributed by atoms with E-state index in [1.807, 2.05) is 0 Å². The summed E-state index contributed by atoms with van der Waals surface area (Å²) in [6.45, 7) is 11.9. The Morgan fingerprint density at radius 3 is 2.60 bits per heavy atom. The van der Waals surface area contributed by atoms with Gasteiger partial charge >= 0.3 is 0 Å². The summed E-state index contributed by atoms with van der Waals surface area (Å²) < 4.78 is 0. The molecule has 0 aromatic heterocycles. The molecule has 2 aliphatic rings. The summed E-state index contributed by atoms with van der Waals surface area (Å²) in [5, 5.41) is 12.7. The van der Waals surface area contributed by atoms with Gasteiger partial charge < -0.3 is 10.2 Å². The lowest BCUT2D eigenvalue weighted by Gasteiger charge is -2.43. The van der Waals surface area contributed by atoms with Crippen LogP contribution in [0.4, 0.5) is 5.69 Å². The first-order chi connectivity index (χ1) is 14.3. The number of hydrogen-bond acceptors (Lipinski definition) is 3. The number of anilines is 1. The van der Waals surface area contributed by atoms with Crippen LogP contribution in [0.2, 0.25) is 0 Å². The van der Waals surface area contributed by atoms with Crippen molar-refractivity contribution in [2.45, 2.75) is 84.7 Å². The fourth-order valence-corrected chi connectivity index (χ4v) is 4.85. The van der Waals surface area contributed by atoms with Crippen LogP contribution in [0.3, 0.4) is 0 Å². The van der Waals surface area contributed by atoms with E-state index in [4.69, 9.17) is 0 Å². The molecule has 4 nitrogen and oxygen atoms in total. The Morgan fingerprint density at radius 2 is 1.97 bits per heavy atom. The van der Waals surface area contributed by atoms with Crippen LogP contribution in [0.15, 0.2) is 23.8 Å². The lowest BCUT2D eigenvalue weighted by Crippen LogP contribution is -2.45. The summed E-state index contributed by atoms with van der Waals surface area (Å²) in [5.74, 6) is -0.248. The van der Waals surface area contributed by atoms with Crippen molar-refractivity contribution in [2.24, 2.45) is 0 Å². The topological polar surface area (TPSA) is 56.1 Å². The third-order valence-electron chi connectivity index (χ3n) is 6.42. The molecule has 1 saturated carbocycles. The Morgan fingerprint density at radius 1 is 1.27 bits per heavy atom. The Labute approximate surface area is 181 Å².